The summed E-state index contributed by atoms with van der Waals surface area (Å²) in [5.74, 6) is 0.861. The third-order valence-electron chi connectivity index (χ3n) is 9.39. The first-order valence-corrected chi connectivity index (χ1v) is 19.0. The van der Waals surface area contributed by atoms with E-state index < -0.39 is 11.2 Å². The Labute approximate surface area is 310 Å². The van der Waals surface area contributed by atoms with E-state index in [1.54, 1.807) is 23.8 Å². The van der Waals surface area contributed by atoms with Gasteiger partial charge in [0.05, 0.1) is 14.2 Å². The number of methoxy groups -OCH3 is 2. The number of ether oxygens (including phenoxy) is 2. The SMILES string of the molecule is COc1c(-n2nc3ccccc3n2)cc(C(C)(C)CC(C)(C)C)cc1[S+]([O-])c1cc(C(C)(C)CC(C)(C)C)cc(-n2nc3ccccc3n2)c1OC. The lowest BCUT2D eigenvalue weighted by atomic mass is 9.72. The van der Waals surface area contributed by atoms with Crippen molar-refractivity contribution in [2.24, 2.45) is 10.8 Å². The Morgan fingerprint density at radius 1 is 0.538 bits per heavy atom. The van der Waals surface area contributed by atoms with Crippen LogP contribution in [0, 0.1) is 10.8 Å². The fourth-order valence-electron chi connectivity index (χ4n) is 7.85. The molecule has 274 valence electrons. The Morgan fingerprint density at radius 3 is 1.12 bits per heavy atom. The summed E-state index contributed by atoms with van der Waals surface area (Å²) in [5.41, 5.74) is 5.74. The topological polar surface area (TPSA) is 103 Å². The Kier molecular flexibility index (Phi) is 9.72. The Morgan fingerprint density at radius 2 is 0.846 bits per heavy atom. The first-order chi connectivity index (χ1) is 24.3. The first-order valence-electron chi connectivity index (χ1n) is 17.8. The largest absolute Gasteiger partial charge is 0.606 e. The van der Waals surface area contributed by atoms with Gasteiger partial charge in [0, 0.05) is 23.3 Å². The van der Waals surface area contributed by atoms with E-state index in [1.807, 2.05) is 60.7 Å². The lowest BCUT2D eigenvalue weighted by Crippen LogP contribution is -2.26. The first kappa shape index (κ1) is 37.4. The van der Waals surface area contributed by atoms with E-state index in [-0.39, 0.29) is 21.7 Å². The highest BCUT2D eigenvalue weighted by Gasteiger charge is 2.37. The summed E-state index contributed by atoms with van der Waals surface area (Å²) in [6, 6.07) is 23.7. The van der Waals surface area contributed by atoms with Crippen molar-refractivity contribution in [1.29, 1.82) is 0 Å². The molecule has 0 saturated heterocycles. The van der Waals surface area contributed by atoms with Gasteiger partial charge in [-0.15, -0.1) is 30.0 Å². The highest BCUT2D eigenvalue weighted by Crippen LogP contribution is 2.47. The Balaban J connectivity index is 1.64. The van der Waals surface area contributed by atoms with Crippen LogP contribution in [0.5, 0.6) is 11.5 Å². The zero-order chi connectivity index (χ0) is 37.8. The van der Waals surface area contributed by atoms with Gasteiger partial charge in [0.1, 0.15) is 33.4 Å². The molecule has 9 nitrogen and oxygen atoms in total. The summed E-state index contributed by atoms with van der Waals surface area (Å²) in [5, 5.41) is 19.3. The van der Waals surface area contributed by atoms with Gasteiger partial charge < -0.3 is 14.0 Å². The van der Waals surface area contributed by atoms with Crippen molar-refractivity contribution in [3.63, 3.8) is 0 Å². The summed E-state index contributed by atoms with van der Waals surface area (Å²) in [6.45, 7) is 22.4. The van der Waals surface area contributed by atoms with Crippen LogP contribution in [-0.2, 0) is 22.0 Å². The molecule has 0 N–H and O–H groups in total. The van der Waals surface area contributed by atoms with Crippen LogP contribution in [0.2, 0.25) is 0 Å². The quantitative estimate of drug-likeness (QED) is 0.130. The highest BCUT2D eigenvalue weighted by molar-refractivity contribution is 7.91. The maximum absolute atomic E-state index is 15.5. The minimum Gasteiger partial charge on any atom is -0.606 e. The van der Waals surface area contributed by atoms with Gasteiger partial charge in [-0.1, -0.05) is 93.5 Å². The Hall–Kier alpha value is -4.41. The Bertz CT molecular complexity index is 2020. The van der Waals surface area contributed by atoms with Gasteiger partial charge >= 0.3 is 0 Å². The van der Waals surface area contributed by atoms with Crippen molar-refractivity contribution in [1.82, 2.24) is 30.0 Å². The molecule has 4 aromatic carbocycles. The predicted molar refractivity (Wildman–Crippen MR) is 210 cm³/mol. The third kappa shape index (κ3) is 7.55. The monoisotopic (exact) mass is 720 g/mol. The predicted octanol–water partition coefficient (Wildman–Crippen LogP) is 9.77. The van der Waals surface area contributed by atoms with E-state index in [1.165, 1.54) is 0 Å². The van der Waals surface area contributed by atoms with Gasteiger partial charge in [0.25, 0.3) is 0 Å². The molecule has 10 heteroatoms. The van der Waals surface area contributed by atoms with E-state index in [9.17, 15) is 0 Å². The third-order valence-corrected chi connectivity index (χ3v) is 10.8. The smallest absolute Gasteiger partial charge is 0.203 e. The number of fused-ring (bicyclic) bond motifs is 2. The van der Waals surface area contributed by atoms with Crippen LogP contribution >= 0.6 is 0 Å². The number of hydrogen-bond acceptors (Lipinski definition) is 7. The van der Waals surface area contributed by atoms with Gasteiger partial charge in [0.15, 0.2) is 0 Å². The molecule has 52 heavy (non-hydrogen) atoms. The molecule has 0 radical (unpaired) electrons. The molecule has 0 amide bonds. The molecular weight excluding hydrogens is 669 g/mol. The van der Waals surface area contributed by atoms with E-state index in [0.717, 1.165) is 46.0 Å². The van der Waals surface area contributed by atoms with Crippen molar-refractivity contribution >= 4 is 33.2 Å². The van der Waals surface area contributed by atoms with E-state index in [0.29, 0.717) is 32.7 Å². The van der Waals surface area contributed by atoms with E-state index in [4.69, 9.17) is 29.9 Å². The van der Waals surface area contributed by atoms with Crippen LogP contribution in [0.3, 0.4) is 0 Å². The van der Waals surface area contributed by atoms with Gasteiger partial charge in [-0.05, 0) is 82.0 Å². The highest BCUT2D eigenvalue weighted by atomic mass is 32.2. The van der Waals surface area contributed by atoms with Crippen LogP contribution in [0.15, 0.2) is 82.6 Å². The van der Waals surface area contributed by atoms with Crippen molar-refractivity contribution in [3.05, 3.63) is 83.9 Å². The molecule has 0 atom stereocenters. The summed E-state index contributed by atoms with van der Waals surface area (Å²) >= 11 is -1.80. The summed E-state index contributed by atoms with van der Waals surface area (Å²) in [6.07, 6.45) is 1.77. The van der Waals surface area contributed by atoms with Crippen LogP contribution in [-0.4, -0.2) is 48.8 Å². The molecular formula is C42H52N6O3S. The molecule has 2 aromatic heterocycles. The van der Waals surface area contributed by atoms with Gasteiger partial charge in [-0.3, -0.25) is 0 Å². The number of aromatic nitrogens is 6. The molecule has 0 aliphatic carbocycles. The fraction of sp³-hybridized carbons (Fsp3) is 0.429. The zero-order valence-electron chi connectivity index (χ0n) is 32.7. The second kappa shape index (κ2) is 13.5. The second-order valence-corrected chi connectivity index (χ2v) is 18.9. The van der Waals surface area contributed by atoms with Crippen LogP contribution in [0.25, 0.3) is 33.4 Å². The van der Waals surface area contributed by atoms with Gasteiger partial charge in [-0.2, -0.15) is 0 Å². The van der Waals surface area contributed by atoms with Crippen LogP contribution in [0.4, 0.5) is 0 Å². The molecule has 0 saturated carbocycles. The molecule has 0 aliphatic rings. The average molecular weight is 721 g/mol. The van der Waals surface area contributed by atoms with Crippen LogP contribution in [0.1, 0.15) is 93.2 Å². The summed E-state index contributed by atoms with van der Waals surface area (Å²) < 4.78 is 27.8. The van der Waals surface area contributed by atoms with E-state index >= 15 is 4.55 Å². The minimum atomic E-state index is -1.80. The standard InChI is InChI=1S/C42H52N6O3S/c1-39(2,3)25-41(7,8)27-21-33(47-43-29-17-13-14-18-30(29)44-47)37(50-11)35(23-27)52(49)36-24-28(42(9,10)26-40(4,5)6)22-34(38(36)51-12)48-45-31-19-15-16-20-32(31)46-48/h13-24H,25-26H2,1-12H3. The number of nitrogens with zero attached hydrogens (tertiary/aromatic N) is 6. The molecule has 6 aromatic rings. The fourth-order valence-corrected chi connectivity index (χ4v) is 9.27. The van der Waals surface area contributed by atoms with Gasteiger partial charge in [0.2, 0.25) is 21.3 Å². The number of hydrogen-bond donors (Lipinski definition) is 0. The molecule has 0 aliphatic heterocycles. The number of rotatable bonds is 10. The zero-order valence-corrected chi connectivity index (χ0v) is 33.5. The molecule has 6 rings (SSSR count). The molecule has 0 unspecified atom stereocenters. The molecule has 2 heterocycles. The van der Waals surface area contributed by atoms with Crippen LogP contribution < -0.4 is 9.47 Å². The van der Waals surface area contributed by atoms with Crippen molar-refractivity contribution in [2.45, 2.75) is 103 Å². The lowest BCUT2D eigenvalue weighted by Gasteiger charge is -2.34. The van der Waals surface area contributed by atoms with Gasteiger partial charge in [-0.25, -0.2) is 0 Å². The van der Waals surface area contributed by atoms with Crippen molar-refractivity contribution in [3.8, 4) is 22.9 Å². The summed E-state index contributed by atoms with van der Waals surface area (Å²) in [7, 11) is 3.21. The molecule has 0 bridgehead atoms. The summed E-state index contributed by atoms with van der Waals surface area (Å²) in [4.78, 5) is 4.22. The second-order valence-electron chi connectivity index (χ2n) is 17.5. The molecule has 0 spiro atoms. The average Bonchev–Trinajstić information content (AvgIpc) is 3.69. The minimum absolute atomic E-state index is 0.0347. The van der Waals surface area contributed by atoms with E-state index in [2.05, 4.69) is 81.4 Å². The molecule has 0 fully saturated rings. The maximum atomic E-state index is 15.5. The van der Waals surface area contributed by atoms with Crippen molar-refractivity contribution < 1.29 is 14.0 Å². The lowest BCUT2D eigenvalue weighted by molar-refractivity contribution is 0.283. The normalized spacial score (nSPS) is 13.0. The maximum Gasteiger partial charge on any atom is 0.203 e. The number of benzene rings is 4. The van der Waals surface area contributed by atoms with Crippen molar-refractivity contribution in [2.75, 3.05) is 14.2 Å².